The number of aliphatic hydroxyl groups is 5. The lowest BCUT2D eigenvalue weighted by Gasteiger charge is -2.26. The maximum Gasteiger partial charge on any atom is 0.251 e. The molecule has 6 N–H and O–H groups in total. The second kappa shape index (κ2) is 9.90. The van der Waals surface area contributed by atoms with E-state index in [2.05, 4.69) is 5.32 Å². The lowest BCUT2D eigenvalue weighted by Crippen LogP contribution is -2.46. The molecule has 2 aromatic carbocycles. The third-order valence-electron chi connectivity index (χ3n) is 4.89. The zero-order valence-electron chi connectivity index (χ0n) is 16.8. The first-order valence-electron chi connectivity index (χ1n) is 9.70. The van der Waals surface area contributed by atoms with E-state index < -0.39 is 24.6 Å². The van der Waals surface area contributed by atoms with E-state index >= 15 is 0 Å². The number of benzene rings is 2. The number of aliphatic hydroxyl groups excluding tert-OH is 5. The van der Waals surface area contributed by atoms with E-state index in [1.165, 1.54) is 12.1 Å². The molecule has 0 aliphatic rings. The van der Waals surface area contributed by atoms with Crippen LogP contribution in [-0.4, -0.2) is 69.7 Å². The molecule has 1 heterocycles. The Morgan fingerprint density at radius 2 is 1.77 bits per heavy atom. The molecule has 3 aromatic rings. The van der Waals surface area contributed by atoms with Crippen molar-refractivity contribution >= 4 is 16.9 Å². The fraction of sp³-hybridized carbons (Fsp3) is 0.318. The fourth-order valence-corrected chi connectivity index (χ4v) is 3.14. The van der Waals surface area contributed by atoms with Crippen LogP contribution in [-0.2, 0) is 0 Å². The van der Waals surface area contributed by atoms with Crippen molar-refractivity contribution in [3.63, 3.8) is 0 Å². The normalized spacial score (nSPS) is 15.3. The van der Waals surface area contributed by atoms with Crippen LogP contribution in [0.2, 0.25) is 0 Å². The summed E-state index contributed by atoms with van der Waals surface area (Å²) in [5.74, 6) is 0.517. The Hall–Kier alpha value is -2.95. The quantitative estimate of drug-likeness (QED) is 0.270. The molecule has 0 fully saturated rings. The van der Waals surface area contributed by atoms with Crippen molar-refractivity contribution in [1.29, 1.82) is 0 Å². The van der Waals surface area contributed by atoms with Gasteiger partial charge in [0.2, 0.25) is 6.29 Å². The second-order valence-electron chi connectivity index (χ2n) is 7.00. The monoisotopic (exact) mass is 431 g/mol. The predicted octanol–water partition coefficient (Wildman–Crippen LogP) is 0.622. The average molecular weight is 431 g/mol. The molecule has 0 saturated carbocycles. The Bertz CT molecular complexity index is 1020. The number of hydrogen-bond donors (Lipinski definition) is 6. The maximum atomic E-state index is 12.0. The number of ether oxygens (including phenoxy) is 1. The van der Waals surface area contributed by atoms with Crippen LogP contribution in [0.1, 0.15) is 16.8 Å². The molecule has 3 rings (SSSR count). The van der Waals surface area contributed by atoms with Gasteiger partial charge in [-0.25, -0.2) is 0 Å². The van der Waals surface area contributed by atoms with Gasteiger partial charge in [0.25, 0.3) is 5.91 Å². The summed E-state index contributed by atoms with van der Waals surface area (Å²) < 4.78 is 11.1. The smallest absolute Gasteiger partial charge is 0.251 e. The maximum absolute atomic E-state index is 12.0. The molecule has 31 heavy (non-hydrogen) atoms. The summed E-state index contributed by atoms with van der Waals surface area (Å²) in [7, 11) is 1.55. The molecule has 4 unspecified atom stereocenters. The number of amides is 1. The number of nitrogens with one attached hydrogen (secondary N) is 1. The Kier molecular flexibility index (Phi) is 7.26. The molecule has 0 aliphatic heterocycles. The van der Waals surface area contributed by atoms with E-state index in [1.54, 1.807) is 43.4 Å². The van der Waals surface area contributed by atoms with Gasteiger partial charge in [-0.15, -0.1) is 0 Å². The predicted molar refractivity (Wildman–Crippen MR) is 111 cm³/mol. The van der Waals surface area contributed by atoms with Gasteiger partial charge in [-0.1, -0.05) is 6.07 Å². The van der Waals surface area contributed by atoms with E-state index in [4.69, 9.17) is 14.3 Å². The van der Waals surface area contributed by atoms with Gasteiger partial charge in [0.1, 0.15) is 29.3 Å². The molecule has 0 bridgehead atoms. The first kappa shape index (κ1) is 22.7. The van der Waals surface area contributed by atoms with Gasteiger partial charge < -0.3 is 40.0 Å². The first-order chi connectivity index (χ1) is 14.8. The molecule has 4 atom stereocenters. The number of furan rings is 1. The van der Waals surface area contributed by atoms with Gasteiger partial charge >= 0.3 is 0 Å². The molecular weight excluding hydrogens is 406 g/mol. The minimum Gasteiger partial charge on any atom is -0.462 e. The third-order valence-corrected chi connectivity index (χ3v) is 4.89. The van der Waals surface area contributed by atoms with Crippen molar-refractivity contribution in [3.05, 3.63) is 54.1 Å². The first-order valence-corrected chi connectivity index (χ1v) is 9.70. The van der Waals surface area contributed by atoms with Crippen molar-refractivity contribution in [3.8, 4) is 17.1 Å². The summed E-state index contributed by atoms with van der Waals surface area (Å²) in [5.41, 5.74) is 1.75. The number of carbonyl (C=O) groups excluding carboxylic acids is 1. The lowest BCUT2D eigenvalue weighted by molar-refractivity contribution is -0.166. The molecule has 0 spiro atoms. The molecule has 1 aromatic heterocycles. The van der Waals surface area contributed by atoms with Gasteiger partial charge in [-0.2, -0.15) is 0 Å². The summed E-state index contributed by atoms with van der Waals surface area (Å²) in [5, 5.41) is 51.4. The standard InChI is InChI=1S/C22H25NO8/c1-23-21(28)14-3-2-4-17-15(14)11-18(31-17)12-5-7-13(8-6-12)30-22(29)20(27)19(26)16(25)9-10-24/h2-8,11,16,19-20,22,24-27,29H,9-10H2,1H3,(H,23,28). The van der Waals surface area contributed by atoms with Crippen LogP contribution in [0.25, 0.3) is 22.3 Å². The SMILES string of the molecule is CNC(=O)c1cccc2oc(-c3ccc(OC(O)C(O)C(O)C(O)CCO)cc3)cc12. The molecule has 9 nitrogen and oxygen atoms in total. The Morgan fingerprint density at radius 3 is 2.42 bits per heavy atom. The number of fused-ring (bicyclic) bond motifs is 1. The van der Waals surface area contributed by atoms with Crippen LogP contribution < -0.4 is 10.1 Å². The van der Waals surface area contributed by atoms with Gasteiger partial charge in [0, 0.05) is 24.6 Å². The summed E-state index contributed by atoms with van der Waals surface area (Å²) >= 11 is 0. The van der Waals surface area contributed by atoms with Gasteiger partial charge in [0.05, 0.1) is 11.7 Å². The Balaban J connectivity index is 1.74. The molecule has 0 saturated heterocycles. The van der Waals surface area contributed by atoms with Gasteiger partial charge in [-0.3, -0.25) is 4.79 Å². The average Bonchev–Trinajstić information content (AvgIpc) is 3.22. The van der Waals surface area contributed by atoms with Crippen LogP contribution in [0.3, 0.4) is 0 Å². The number of hydrogen-bond acceptors (Lipinski definition) is 8. The van der Waals surface area contributed by atoms with Crippen molar-refractivity contribution in [2.24, 2.45) is 0 Å². The van der Waals surface area contributed by atoms with Crippen LogP contribution in [0.15, 0.2) is 52.9 Å². The number of carbonyl (C=O) groups is 1. The van der Waals surface area contributed by atoms with Crippen LogP contribution in [0.5, 0.6) is 5.75 Å². The highest BCUT2D eigenvalue weighted by Crippen LogP contribution is 2.31. The Labute approximate surface area is 178 Å². The zero-order chi connectivity index (χ0) is 22.5. The third kappa shape index (κ3) is 5.04. The van der Waals surface area contributed by atoms with Gasteiger partial charge in [0.15, 0.2) is 0 Å². The minimum absolute atomic E-state index is 0.154. The van der Waals surface area contributed by atoms with E-state index in [0.29, 0.717) is 27.9 Å². The van der Waals surface area contributed by atoms with Crippen LogP contribution >= 0.6 is 0 Å². The highest BCUT2D eigenvalue weighted by Gasteiger charge is 2.31. The fourth-order valence-electron chi connectivity index (χ4n) is 3.14. The van der Waals surface area contributed by atoms with Gasteiger partial charge in [-0.05, 0) is 48.9 Å². The largest absolute Gasteiger partial charge is 0.462 e. The van der Waals surface area contributed by atoms with E-state index in [1.807, 2.05) is 0 Å². The van der Waals surface area contributed by atoms with Crippen molar-refractivity contribution in [2.45, 2.75) is 31.0 Å². The van der Waals surface area contributed by atoms with E-state index in [9.17, 15) is 25.2 Å². The molecule has 9 heteroatoms. The lowest BCUT2D eigenvalue weighted by atomic mass is 10.1. The zero-order valence-corrected chi connectivity index (χ0v) is 16.8. The molecule has 0 radical (unpaired) electrons. The van der Waals surface area contributed by atoms with Crippen molar-refractivity contribution in [2.75, 3.05) is 13.7 Å². The Morgan fingerprint density at radius 1 is 1.06 bits per heavy atom. The topological polar surface area (TPSA) is 153 Å². The minimum atomic E-state index is -1.80. The molecular formula is C22H25NO8. The van der Waals surface area contributed by atoms with Crippen molar-refractivity contribution in [1.82, 2.24) is 5.32 Å². The number of rotatable bonds is 9. The molecule has 166 valence electrons. The van der Waals surface area contributed by atoms with Crippen molar-refractivity contribution < 1.29 is 39.5 Å². The highest BCUT2D eigenvalue weighted by atomic mass is 16.6. The molecule has 0 aliphatic carbocycles. The van der Waals surface area contributed by atoms with Crippen LogP contribution in [0, 0.1) is 0 Å². The van der Waals surface area contributed by atoms with E-state index in [-0.39, 0.29) is 24.7 Å². The summed E-state index contributed by atoms with van der Waals surface area (Å²) in [4.78, 5) is 12.0. The van der Waals surface area contributed by atoms with E-state index in [0.717, 1.165) is 0 Å². The summed E-state index contributed by atoms with van der Waals surface area (Å²) in [6.07, 6.45) is -6.83. The second-order valence-corrected chi connectivity index (χ2v) is 7.00. The summed E-state index contributed by atoms with van der Waals surface area (Å²) in [6, 6.07) is 13.4. The summed E-state index contributed by atoms with van der Waals surface area (Å²) in [6.45, 7) is -0.379. The highest BCUT2D eigenvalue weighted by molar-refractivity contribution is 6.06. The van der Waals surface area contributed by atoms with Crippen LogP contribution in [0.4, 0.5) is 0 Å². The molecule has 1 amide bonds.